The van der Waals surface area contributed by atoms with Gasteiger partial charge in [0.15, 0.2) is 0 Å². The molecular weight excluding hydrogens is 332 g/mol. The molecular formula is C21H23ClN2O. The fraction of sp³-hybridized carbons (Fsp3) is 0.286. The fourth-order valence-corrected chi connectivity index (χ4v) is 3.26. The van der Waals surface area contributed by atoms with E-state index in [2.05, 4.69) is 40.6 Å². The summed E-state index contributed by atoms with van der Waals surface area (Å²) >= 11 is 6.03. The second-order valence-electron chi connectivity index (χ2n) is 6.46. The normalized spacial score (nSPS) is 16.2. The van der Waals surface area contributed by atoms with E-state index in [9.17, 15) is 4.79 Å². The summed E-state index contributed by atoms with van der Waals surface area (Å²) < 4.78 is 0. The molecule has 1 N–H and O–H groups in total. The molecule has 25 heavy (non-hydrogen) atoms. The molecule has 0 spiro atoms. The van der Waals surface area contributed by atoms with Crippen molar-refractivity contribution in [3.8, 4) is 0 Å². The molecule has 3 rings (SSSR count). The maximum Gasteiger partial charge on any atom is 0.241 e. The van der Waals surface area contributed by atoms with Crippen LogP contribution in [0.4, 0.5) is 5.69 Å². The van der Waals surface area contributed by atoms with Crippen LogP contribution in [0.2, 0.25) is 5.02 Å². The molecule has 0 saturated heterocycles. The van der Waals surface area contributed by atoms with Crippen LogP contribution in [-0.2, 0) is 4.79 Å². The molecule has 0 radical (unpaired) electrons. The summed E-state index contributed by atoms with van der Waals surface area (Å²) in [4.78, 5) is 14.8. The molecule has 0 bridgehead atoms. The highest BCUT2D eigenvalue weighted by Gasteiger charge is 2.23. The van der Waals surface area contributed by atoms with Crippen LogP contribution in [0.5, 0.6) is 0 Å². The number of carbonyl (C=O) groups is 1. The zero-order valence-corrected chi connectivity index (χ0v) is 15.4. The summed E-state index contributed by atoms with van der Waals surface area (Å²) in [6, 6.07) is 15.8. The first-order valence-corrected chi connectivity index (χ1v) is 8.98. The van der Waals surface area contributed by atoms with Crippen molar-refractivity contribution in [3.63, 3.8) is 0 Å². The number of carbonyl (C=O) groups excluding carboxylic acids is 1. The van der Waals surface area contributed by atoms with Gasteiger partial charge in [0.2, 0.25) is 5.91 Å². The number of benzene rings is 2. The van der Waals surface area contributed by atoms with Gasteiger partial charge in [0.1, 0.15) is 0 Å². The number of aryl methyl sites for hydroxylation is 1. The molecule has 3 nitrogen and oxygen atoms in total. The maximum atomic E-state index is 12.6. The summed E-state index contributed by atoms with van der Waals surface area (Å²) in [6.45, 7) is 5.58. The third kappa shape index (κ3) is 4.30. The van der Waals surface area contributed by atoms with E-state index in [1.807, 2.05) is 32.0 Å². The van der Waals surface area contributed by atoms with Crippen molar-refractivity contribution in [2.45, 2.75) is 26.3 Å². The first-order chi connectivity index (χ1) is 12.0. The molecule has 1 aliphatic heterocycles. The van der Waals surface area contributed by atoms with E-state index in [1.165, 1.54) is 11.1 Å². The van der Waals surface area contributed by atoms with Crippen molar-refractivity contribution in [2.24, 2.45) is 0 Å². The fourth-order valence-electron chi connectivity index (χ4n) is 3.08. The Kier molecular flexibility index (Phi) is 5.57. The quantitative estimate of drug-likeness (QED) is 0.858. The maximum absolute atomic E-state index is 12.6. The van der Waals surface area contributed by atoms with E-state index in [4.69, 9.17) is 11.6 Å². The first-order valence-electron chi connectivity index (χ1n) is 8.60. The zero-order valence-electron chi connectivity index (χ0n) is 14.6. The van der Waals surface area contributed by atoms with Gasteiger partial charge >= 0.3 is 0 Å². The molecule has 0 fully saturated rings. The van der Waals surface area contributed by atoms with Gasteiger partial charge in [-0.1, -0.05) is 54.1 Å². The van der Waals surface area contributed by atoms with Gasteiger partial charge in [0, 0.05) is 23.8 Å². The number of amides is 1. The zero-order chi connectivity index (χ0) is 17.8. The minimum atomic E-state index is -0.188. The van der Waals surface area contributed by atoms with Gasteiger partial charge in [-0.15, -0.1) is 0 Å². The molecule has 2 aromatic carbocycles. The summed E-state index contributed by atoms with van der Waals surface area (Å²) in [5, 5.41) is 3.63. The second kappa shape index (κ2) is 7.85. The number of nitrogens with one attached hydrogen (secondary N) is 1. The van der Waals surface area contributed by atoms with E-state index in [1.54, 1.807) is 6.07 Å². The lowest BCUT2D eigenvalue weighted by Gasteiger charge is -2.31. The Balaban J connectivity index is 1.64. The molecule has 0 saturated carbocycles. The Morgan fingerprint density at radius 2 is 1.96 bits per heavy atom. The van der Waals surface area contributed by atoms with Crippen LogP contribution < -0.4 is 5.32 Å². The smallest absolute Gasteiger partial charge is 0.241 e. The number of hydrogen-bond donors (Lipinski definition) is 1. The molecule has 2 aromatic rings. The monoisotopic (exact) mass is 354 g/mol. The van der Waals surface area contributed by atoms with Gasteiger partial charge in [-0.2, -0.15) is 0 Å². The first kappa shape index (κ1) is 17.7. The van der Waals surface area contributed by atoms with Gasteiger partial charge in [-0.25, -0.2) is 0 Å². The molecule has 0 aromatic heterocycles. The van der Waals surface area contributed by atoms with Crippen molar-refractivity contribution in [3.05, 3.63) is 70.8 Å². The van der Waals surface area contributed by atoms with Crippen molar-refractivity contribution < 1.29 is 4.79 Å². The average Bonchev–Trinajstić information content (AvgIpc) is 2.65. The summed E-state index contributed by atoms with van der Waals surface area (Å²) in [6.07, 6.45) is 3.19. The van der Waals surface area contributed by atoms with Gasteiger partial charge in [0.05, 0.1) is 6.04 Å². The highest BCUT2D eigenvalue weighted by molar-refractivity contribution is 6.31. The number of halogens is 1. The minimum Gasteiger partial charge on any atom is -0.324 e. The molecule has 1 amide bonds. The number of nitrogens with zero attached hydrogens (tertiary/aromatic N) is 1. The Morgan fingerprint density at radius 3 is 2.64 bits per heavy atom. The Morgan fingerprint density at radius 1 is 1.20 bits per heavy atom. The van der Waals surface area contributed by atoms with E-state index in [0.29, 0.717) is 5.02 Å². The number of anilines is 1. The van der Waals surface area contributed by atoms with Crippen molar-refractivity contribution in [2.75, 3.05) is 18.4 Å². The van der Waals surface area contributed by atoms with E-state index in [0.717, 1.165) is 30.8 Å². The standard InChI is InChI=1S/C21H23ClN2O/c1-15-8-9-19(22)14-20(15)23-21(25)16(2)24-12-10-18(11-13-24)17-6-4-3-5-7-17/h3-10,14,16H,11-13H2,1-2H3,(H,23,25)/t16-/m0/s1. The van der Waals surface area contributed by atoms with Crippen molar-refractivity contribution in [1.29, 1.82) is 0 Å². The Bertz CT molecular complexity index is 786. The van der Waals surface area contributed by atoms with Crippen molar-refractivity contribution >= 4 is 28.8 Å². The molecule has 0 aliphatic carbocycles. The van der Waals surface area contributed by atoms with Gasteiger partial charge in [-0.3, -0.25) is 9.69 Å². The molecule has 0 unspecified atom stereocenters. The Hall–Kier alpha value is -2.10. The third-order valence-corrected chi connectivity index (χ3v) is 5.00. The van der Waals surface area contributed by atoms with E-state index < -0.39 is 0 Å². The van der Waals surface area contributed by atoms with Crippen LogP contribution in [0.25, 0.3) is 5.57 Å². The highest BCUT2D eigenvalue weighted by atomic mass is 35.5. The predicted octanol–water partition coefficient (Wildman–Crippen LogP) is 4.76. The lowest BCUT2D eigenvalue weighted by molar-refractivity contribution is -0.120. The van der Waals surface area contributed by atoms with Crippen LogP contribution >= 0.6 is 11.6 Å². The van der Waals surface area contributed by atoms with Gasteiger partial charge in [0.25, 0.3) is 0 Å². The van der Waals surface area contributed by atoms with E-state index >= 15 is 0 Å². The van der Waals surface area contributed by atoms with Crippen LogP contribution in [-0.4, -0.2) is 29.9 Å². The minimum absolute atomic E-state index is 0.00178. The summed E-state index contributed by atoms with van der Waals surface area (Å²) in [5.41, 5.74) is 4.42. The van der Waals surface area contributed by atoms with Crippen LogP contribution in [0.1, 0.15) is 24.5 Å². The van der Waals surface area contributed by atoms with E-state index in [-0.39, 0.29) is 11.9 Å². The average molecular weight is 355 g/mol. The highest BCUT2D eigenvalue weighted by Crippen LogP contribution is 2.24. The van der Waals surface area contributed by atoms with Crippen LogP contribution in [0.15, 0.2) is 54.6 Å². The third-order valence-electron chi connectivity index (χ3n) is 4.77. The number of rotatable bonds is 4. The topological polar surface area (TPSA) is 32.3 Å². The molecule has 1 atom stereocenters. The second-order valence-corrected chi connectivity index (χ2v) is 6.90. The van der Waals surface area contributed by atoms with Crippen LogP contribution in [0.3, 0.4) is 0 Å². The van der Waals surface area contributed by atoms with Gasteiger partial charge in [-0.05, 0) is 49.1 Å². The van der Waals surface area contributed by atoms with Crippen molar-refractivity contribution in [1.82, 2.24) is 4.90 Å². The summed E-state index contributed by atoms with van der Waals surface area (Å²) in [5.74, 6) is 0.00178. The lowest BCUT2D eigenvalue weighted by Crippen LogP contribution is -2.44. The Labute approximate surface area is 154 Å². The van der Waals surface area contributed by atoms with Crippen LogP contribution in [0, 0.1) is 6.92 Å². The lowest BCUT2D eigenvalue weighted by atomic mass is 9.99. The summed E-state index contributed by atoms with van der Waals surface area (Å²) in [7, 11) is 0. The predicted molar refractivity (Wildman–Crippen MR) is 105 cm³/mol. The number of hydrogen-bond acceptors (Lipinski definition) is 2. The largest absolute Gasteiger partial charge is 0.324 e. The molecule has 130 valence electrons. The SMILES string of the molecule is Cc1ccc(Cl)cc1NC(=O)[C@H](C)N1CC=C(c2ccccc2)CC1. The molecule has 1 aliphatic rings. The van der Waals surface area contributed by atoms with Gasteiger partial charge < -0.3 is 5.32 Å². The molecule has 4 heteroatoms. The molecule has 1 heterocycles.